The molecule has 5 heteroatoms. The Bertz CT molecular complexity index is 1080. The van der Waals surface area contributed by atoms with Gasteiger partial charge < -0.3 is 4.53 Å². The van der Waals surface area contributed by atoms with Crippen molar-refractivity contribution >= 4 is 30.1 Å². The first-order chi connectivity index (χ1) is 14.8. The summed E-state index contributed by atoms with van der Waals surface area (Å²) < 4.78 is 6.45. The smallest absolute Gasteiger partial charge is 0.380 e. The van der Waals surface area contributed by atoms with Gasteiger partial charge in [-0.3, -0.25) is 4.98 Å². The molecule has 4 aromatic rings. The fraction of sp³-hybridized carbons (Fsp3) is 0. The molecule has 0 unspecified atom stereocenters. The molecule has 0 atom stereocenters. The summed E-state index contributed by atoms with van der Waals surface area (Å²) in [5, 5.41) is 16.8. The first kappa shape index (κ1) is 19.3. The SMILES string of the molecule is N#Cc1ccnc(C=NO[Si](c2ccccc2)(c2ccccc2)c2ccccc2)c1. The summed E-state index contributed by atoms with van der Waals surface area (Å²) in [6.45, 7) is 0. The molecule has 1 heterocycles. The molecule has 30 heavy (non-hydrogen) atoms. The van der Waals surface area contributed by atoms with Crippen molar-refractivity contribution in [3.05, 3.63) is 121 Å². The molecule has 4 rings (SSSR count). The van der Waals surface area contributed by atoms with Gasteiger partial charge in [-0.15, -0.1) is 5.16 Å². The average Bonchev–Trinajstić information content (AvgIpc) is 2.84. The lowest BCUT2D eigenvalue weighted by molar-refractivity contribution is 0.351. The van der Waals surface area contributed by atoms with Crippen LogP contribution in [0.3, 0.4) is 0 Å². The highest BCUT2D eigenvalue weighted by Gasteiger charge is 2.44. The second-order valence-corrected chi connectivity index (χ2v) is 9.96. The van der Waals surface area contributed by atoms with Gasteiger partial charge in [0.2, 0.25) is 0 Å². The molecule has 0 aliphatic carbocycles. The number of nitriles is 1. The van der Waals surface area contributed by atoms with E-state index in [9.17, 15) is 0 Å². The van der Waals surface area contributed by atoms with E-state index in [-0.39, 0.29) is 0 Å². The Labute approximate surface area is 176 Å². The van der Waals surface area contributed by atoms with Crippen molar-refractivity contribution in [2.75, 3.05) is 0 Å². The molecule has 0 bridgehead atoms. The van der Waals surface area contributed by atoms with Crippen LogP contribution in [0.25, 0.3) is 0 Å². The van der Waals surface area contributed by atoms with Gasteiger partial charge in [-0.05, 0) is 27.7 Å². The molecule has 4 nitrogen and oxygen atoms in total. The molecule has 0 fully saturated rings. The first-order valence-corrected chi connectivity index (χ1v) is 11.5. The number of benzene rings is 3. The van der Waals surface area contributed by atoms with E-state index in [0.29, 0.717) is 11.3 Å². The van der Waals surface area contributed by atoms with Crippen molar-refractivity contribution in [2.24, 2.45) is 5.16 Å². The summed E-state index contributed by atoms with van der Waals surface area (Å²) in [5.74, 6) is 0. The zero-order valence-electron chi connectivity index (χ0n) is 16.2. The summed E-state index contributed by atoms with van der Waals surface area (Å²) in [5.41, 5.74) is 1.11. The van der Waals surface area contributed by atoms with E-state index in [2.05, 4.69) is 52.6 Å². The molecular weight excluding hydrogens is 386 g/mol. The molecular formula is C25H19N3OSi. The van der Waals surface area contributed by atoms with Crippen molar-refractivity contribution in [1.82, 2.24) is 4.98 Å². The zero-order chi connectivity index (χ0) is 20.7. The van der Waals surface area contributed by atoms with Crippen LogP contribution in [0.1, 0.15) is 11.3 Å². The van der Waals surface area contributed by atoms with Gasteiger partial charge >= 0.3 is 8.32 Å². The fourth-order valence-corrected chi connectivity index (χ4v) is 6.94. The number of rotatable bonds is 6. The fourth-order valence-electron chi connectivity index (χ4n) is 3.42. The third-order valence-corrected chi connectivity index (χ3v) is 8.64. The highest BCUT2D eigenvalue weighted by atomic mass is 28.4. The number of nitrogens with zero attached hydrogens (tertiary/aromatic N) is 3. The second kappa shape index (κ2) is 8.99. The van der Waals surface area contributed by atoms with Crippen molar-refractivity contribution in [3.63, 3.8) is 0 Å². The van der Waals surface area contributed by atoms with E-state index >= 15 is 0 Å². The van der Waals surface area contributed by atoms with Crippen molar-refractivity contribution < 1.29 is 4.53 Å². The largest absolute Gasteiger partial charge is 0.438 e. The molecule has 0 amide bonds. The lowest BCUT2D eigenvalue weighted by Crippen LogP contribution is -2.68. The topological polar surface area (TPSA) is 58.3 Å². The maximum atomic E-state index is 9.12. The molecule has 0 radical (unpaired) electrons. The molecule has 0 N–H and O–H groups in total. The minimum absolute atomic E-state index is 0.532. The van der Waals surface area contributed by atoms with Gasteiger partial charge in [0.15, 0.2) is 0 Å². The standard InChI is InChI=1S/C25H19N3OSi/c26-19-21-16-17-27-22(18-21)20-28-29-30(23-10-4-1-5-11-23,24-12-6-2-7-13-24)25-14-8-3-9-15-25/h1-18,20H. The van der Waals surface area contributed by atoms with Gasteiger partial charge in [0.05, 0.1) is 23.5 Å². The summed E-state index contributed by atoms with van der Waals surface area (Å²) >= 11 is 0. The van der Waals surface area contributed by atoms with Crippen LogP contribution in [0.2, 0.25) is 0 Å². The van der Waals surface area contributed by atoms with Gasteiger partial charge in [-0.25, -0.2) is 0 Å². The van der Waals surface area contributed by atoms with Crippen LogP contribution in [0.4, 0.5) is 0 Å². The average molecular weight is 406 g/mol. The summed E-state index contributed by atoms with van der Waals surface area (Å²) in [4.78, 5) is 4.26. The normalized spacial score (nSPS) is 11.2. The monoisotopic (exact) mass is 405 g/mol. The minimum Gasteiger partial charge on any atom is -0.438 e. The number of hydrogen-bond donors (Lipinski definition) is 0. The Balaban J connectivity index is 1.84. The molecule has 3 aromatic carbocycles. The van der Waals surface area contributed by atoms with Gasteiger partial charge in [-0.1, -0.05) is 91.0 Å². The lowest BCUT2D eigenvalue weighted by Gasteiger charge is -2.29. The molecule has 1 aromatic heterocycles. The van der Waals surface area contributed by atoms with E-state index in [1.165, 1.54) is 0 Å². The van der Waals surface area contributed by atoms with Gasteiger partial charge in [0.1, 0.15) is 0 Å². The first-order valence-electron chi connectivity index (χ1n) is 9.57. The highest BCUT2D eigenvalue weighted by molar-refractivity contribution is 7.07. The van der Waals surface area contributed by atoms with Crippen molar-refractivity contribution in [2.45, 2.75) is 0 Å². The number of hydrogen-bond acceptors (Lipinski definition) is 4. The molecule has 0 aliphatic heterocycles. The van der Waals surface area contributed by atoms with Crippen molar-refractivity contribution in [1.29, 1.82) is 5.26 Å². The Hall–Kier alpha value is -4.01. The lowest BCUT2D eigenvalue weighted by atomic mass is 10.2. The second-order valence-electron chi connectivity index (χ2n) is 6.69. The third-order valence-electron chi connectivity index (χ3n) is 4.83. The molecule has 0 saturated carbocycles. The highest BCUT2D eigenvalue weighted by Crippen LogP contribution is 2.10. The van der Waals surface area contributed by atoms with E-state index in [1.54, 1.807) is 24.5 Å². The van der Waals surface area contributed by atoms with E-state index in [1.807, 2.05) is 54.6 Å². The molecule has 0 spiro atoms. The van der Waals surface area contributed by atoms with E-state index in [0.717, 1.165) is 15.6 Å². The summed E-state index contributed by atoms with van der Waals surface area (Å²) in [7, 11) is -2.89. The summed E-state index contributed by atoms with van der Waals surface area (Å²) in [6, 6.07) is 36.2. The zero-order valence-corrected chi connectivity index (χ0v) is 17.2. The predicted octanol–water partition coefficient (Wildman–Crippen LogP) is 2.97. The van der Waals surface area contributed by atoms with Crippen LogP contribution in [0.15, 0.2) is 114 Å². The predicted molar refractivity (Wildman–Crippen MR) is 122 cm³/mol. The van der Waals surface area contributed by atoms with Crippen LogP contribution in [0, 0.1) is 11.3 Å². The number of aromatic nitrogens is 1. The van der Waals surface area contributed by atoms with Crippen LogP contribution in [-0.4, -0.2) is 19.5 Å². The summed E-state index contributed by atoms with van der Waals surface area (Å²) in [6.07, 6.45) is 3.16. The van der Waals surface area contributed by atoms with Crippen LogP contribution in [0.5, 0.6) is 0 Å². The maximum absolute atomic E-state index is 9.12. The third kappa shape index (κ3) is 3.90. The molecule has 0 saturated heterocycles. The Kier molecular flexibility index (Phi) is 5.79. The quantitative estimate of drug-likeness (QED) is 0.214. The maximum Gasteiger partial charge on any atom is 0.380 e. The Morgan fingerprint density at radius 3 is 1.73 bits per heavy atom. The van der Waals surface area contributed by atoms with Crippen molar-refractivity contribution in [3.8, 4) is 6.07 Å². The van der Waals surface area contributed by atoms with Crippen LogP contribution in [-0.2, 0) is 4.53 Å². The van der Waals surface area contributed by atoms with Gasteiger partial charge in [0, 0.05) is 6.20 Å². The van der Waals surface area contributed by atoms with E-state index < -0.39 is 8.32 Å². The minimum atomic E-state index is -2.89. The van der Waals surface area contributed by atoms with Gasteiger partial charge in [-0.2, -0.15) is 5.26 Å². The van der Waals surface area contributed by atoms with Crippen LogP contribution >= 0.6 is 0 Å². The number of oxime groups is 1. The molecule has 144 valence electrons. The number of pyridine rings is 1. The van der Waals surface area contributed by atoms with E-state index in [4.69, 9.17) is 9.79 Å². The van der Waals surface area contributed by atoms with Gasteiger partial charge in [0.25, 0.3) is 0 Å². The van der Waals surface area contributed by atoms with Crippen LogP contribution < -0.4 is 15.6 Å². The Morgan fingerprint density at radius 2 is 1.27 bits per heavy atom. The Morgan fingerprint density at radius 1 is 0.767 bits per heavy atom. The molecule has 0 aliphatic rings.